The first-order valence-corrected chi connectivity index (χ1v) is 16.6. The maximum absolute atomic E-state index is 13.0. The molecule has 16 heteroatoms. The number of unbranched alkanes of at least 4 members (excludes halogenated alkanes) is 1. The van der Waals surface area contributed by atoms with E-state index in [0.717, 1.165) is 47.6 Å². The average Bonchev–Trinajstić information content (AvgIpc) is 3.73. The number of ether oxygens (including phenoxy) is 4. The highest BCUT2D eigenvalue weighted by molar-refractivity contribution is 6.32. The van der Waals surface area contributed by atoms with Gasteiger partial charge in [0.2, 0.25) is 0 Å². The quantitative estimate of drug-likeness (QED) is 0.133. The number of hydrogen-bond donors (Lipinski definition) is 1. The van der Waals surface area contributed by atoms with E-state index in [1.165, 1.54) is 23.4 Å². The number of benzene rings is 2. The van der Waals surface area contributed by atoms with Gasteiger partial charge in [0.15, 0.2) is 6.23 Å². The molecule has 2 aromatic carbocycles. The maximum atomic E-state index is 13.0. The van der Waals surface area contributed by atoms with Gasteiger partial charge in [-0.1, -0.05) is 17.7 Å². The van der Waals surface area contributed by atoms with Crippen LogP contribution in [0.3, 0.4) is 0 Å². The molecule has 1 fully saturated rings. The van der Waals surface area contributed by atoms with Crippen molar-refractivity contribution >= 4 is 34.3 Å². The van der Waals surface area contributed by atoms with Gasteiger partial charge < -0.3 is 29.2 Å². The van der Waals surface area contributed by atoms with E-state index in [-0.39, 0.29) is 17.8 Å². The fraction of sp³-hybridized carbons (Fsp3) is 0.515. The Balaban J connectivity index is 1.13. The van der Waals surface area contributed by atoms with Crippen LogP contribution in [-0.4, -0.2) is 80.4 Å². The maximum Gasteiger partial charge on any atom is 0.573 e. The van der Waals surface area contributed by atoms with Crippen LogP contribution in [-0.2, 0) is 20.8 Å². The summed E-state index contributed by atoms with van der Waals surface area (Å²) >= 11 is 6.03. The van der Waals surface area contributed by atoms with Crippen molar-refractivity contribution in [2.75, 3.05) is 38.2 Å². The second-order valence-corrected chi connectivity index (χ2v) is 13.0. The molecule has 0 bridgehead atoms. The molecule has 266 valence electrons. The number of fused-ring (bicyclic) bond motifs is 1. The number of carbonyl (C=O) groups excluding carboxylic acids is 1. The van der Waals surface area contributed by atoms with Crippen LogP contribution >= 0.6 is 11.6 Å². The van der Waals surface area contributed by atoms with Gasteiger partial charge in [-0.2, -0.15) is 10.2 Å². The molecule has 1 saturated heterocycles. The van der Waals surface area contributed by atoms with E-state index in [4.69, 9.17) is 25.8 Å². The first-order valence-electron chi connectivity index (χ1n) is 16.2. The van der Waals surface area contributed by atoms with Gasteiger partial charge in [0.25, 0.3) is 0 Å². The van der Waals surface area contributed by atoms with Gasteiger partial charge >= 0.3 is 12.5 Å². The summed E-state index contributed by atoms with van der Waals surface area (Å²) in [5.41, 5.74) is 2.47. The number of halogens is 4. The minimum atomic E-state index is -4.86. The summed E-state index contributed by atoms with van der Waals surface area (Å²) in [5, 5.41) is 13.2. The number of amides is 1. The standard InChI is InChI=1S/C33H41ClF3N7O5/c1-32(2,3)49-31(45)42(20-23-9-10-29(26(34)16-23)48-33(35,36)37)12-5-7-13-46-15-11-39-27-17-24(43-22-38-21-41-43)18-28-25(27)19-40-44(28)30-8-4-6-14-47-30/h9-10,16-19,21-22,30,39H,4-8,11-15,20H2,1-3H3. The van der Waals surface area contributed by atoms with Gasteiger partial charge in [-0.3, -0.25) is 0 Å². The molecule has 1 atom stereocenters. The van der Waals surface area contributed by atoms with E-state index in [2.05, 4.69) is 25.2 Å². The minimum Gasteiger partial charge on any atom is -0.444 e. The molecule has 4 aromatic rings. The highest BCUT2D eigenvalue weighted by atomic mass is 35.5. The summed E-state index contributed by atoms with van der Waals surface area (Å²) in [6, 6.07) is 7.95. The summed E-state index contributed by atoms with van der Waals surface area (Å²) in [6.45, 7) is 7.88. The number of aromatic nitrogens is 5. The largest absolute Gasteiger partial charge is 0.573 e. The number of nitrogens with zero attached hydrogens (tertiary/aromatic N) is 6. The number of alkyl halides is 3. The van der Waals surface area contributed by atoms with Crippen molar-refractivity contribution in [1.82, 2.24) is 29.4 Å². The summed E-state index contributed by atoms with van der Waals surface area (Å²) < 4.78 is 63.0. The molecular weight excluding hydrogens is 667 g/mol. The van der Waals surface area contributed by atoms with Gasteiger partial charge in [-0.25, -0.2) is 19.1 Å². The third kappa shape index (κ3) is 10.5. The lowest BCUT2D eigenvalue weighted by Crippen LogP contribution is -2.37. The fourth-order valence-electron chi connectivity index (χ4n) is 5.40. The van der Waals surface area contributed by atoms with Gasteiger partial charge in [0.1, 0.15) is 24.0 Å². The molecule has 1 unspecified atom stereocenters. The Morgan fingerprint density at radius 1 is 1.12 bits per heavy atom. The second kappa shape index (κ2) is 16.1. The van der Waals surface area contributed by atoms with Crippen molar-refractivity contribution < 1.29 is 36.9 Å². The zero-order valence-corrected chi connectivity index (χ0v) is 28.5. The van der Waals surface area contributed by atoms with Crippen molar-refractivity contribution in [3.8, 4) is 11.4 Å². The van der Waals surface area contributed by atoms with E-state index >= 15 is 0 Å². The molecule has 1 amide bonds. The van der Waals surface area contributed by atoms with Crippen LogP contribution in [0.1, 0.15) is 64.7 Å². The first kappa shape index (κ1) is 36.2. The molecule has 2 aromatic heterocycles. The van der Waals surface area contributed by atoms with Crippen LogP contribution in [0.25, 0.3) is 16.6 Å². The Morgan fingerprint density at radius 2 is 1.96 bits per heavy atom. The molecule has 0 spiro atoms. The third-order valence-corrected chi connectivity index (χ3v) is 7.88. The number of nitrogens with one attached hydrogen (secondary N) is 1. The Bertz CT molecular complexity index is 1670. The fourth-order valence-corrected chi connectivity index (χ4v) is 5.64. The van der Waals surface area contributed by atoms with Gasteiger partial charge in [0.05, 0.1) is 29.0 Å². The molecule has 1 aliphatic rings. The summed E-state index contributed by atoms with van der Waals surface area (Å²) in [4.78, 5) is 18.5. The lowest BCUT2D eigenvalue weighted by atomic mass is 10.1. The van der Waals surface area contributed by atoms with Gasteiger partial charge in [-0.05, 0) is 82.7 Å². The minimum absolute atomic E-state index is 0.0945. The first-order chi connectivity index (χ1) is 23.4. The second-order valence-electron chi connectivity index (χ2n) is 12.6. The lowest BCUT2D eigenvalue weighted by Gasteiger charge is -2.27. The SMILES string of the molecule is CC(C)(C)OC(=O)N(CCCCOCCNc1cc(-n2cncn2)cc2c1cnn2C1CCCCO1)Cc1ccc(OC(F)(F)F)c(Cl)c1. The molecule has 0 aliphatic carbocycles. The van der Waals surface area contributed by atoms with Crippen LogP contribution in [0.2, 0.25) is 5.02 Å². The van der Waals surface area contributed by atoms with Crippen LogP contribution in [0, 0.1) is 0 Å². The molecule has 49 heavy (non-hydrogen) atoms. The van der Waals surface area contributed by atoms with Gasteiger partial charge in [-0.15, -0.1) is 13.2 Å². The Morgan fingerprint density at radius 3 is 2.65 bits per heavy atom. The summed E-state index contributed by atoms with van der Waals surface area (Å²) in [6.07, 6.45) is 3.77. The number of carbonyl (C=O) groups is 1. The van der Waals surface area contributed by atoms with Crippen molar-refractivity contribution in [1.29, 1.82) is 0 Å². The zero-order valence-electron chi connectivity index (χ0n) is 27.7. The van der Waals surface area contributed by atoms with Crippen LogP contribution in [0.4, 0.5) is 23.7 Å². The monoisotopic (exact) mass is 707 g/mol. The zero-order chi connectivity index (χ0) is 35.0. The van der Waals surface area contributed by atoms with Crippen LogP contribution < -0.4 is 10.1 Å². The van der Waals surface area contributed by atoms with E-state index in [9.17, 15) is 18.0 Å². The molecule has 5 rings (SSSR count). The third-order valence-electron chi connectivity index (χ3n) is 7.59. The number of rotatable bonds is 14. The summed E-state index contributed by atoms with van der Waals surface area (Å²) in [5.74, 6) is -0.509. The topological polar surface area (TPSA) is 118 Å². The number of hydrogen-bond acceptors (Lipinski definition) is 9. The molecule has 12 nitrogen and oxygen atoms in total. The van der Waals surface area contributed by atoms with Crippen LogP contribution in [0.5, 0.6) is 5.75 Å². The van der Waals surface area contributed by atoms with E-state index in [1.54, 1.807) is 31.8 Å². The van der Waals surface area contributed by atoms with E-state index in [0.29, 0.717) is 51.3 Å². The van der Waals surface area contributed by atoms with Crippen molar-refractivity contribution in [3.05, 3.63) is 59.8 Å². The highest BCUT2D eigenvalue weighted by Gasteiger charge is 2.32. The van der Waals surface area contributed by atoms with Crippen molar-refractivity contribution in [3.63, 3.8) is 0 Å². The Labute approximate surface area is 287 Å². The molecule has 1 N–H and O–H groups in total. The van der Waals surface area contributed by atoms with E-state index in [1.807, 2.05) is 23.0 Å². The van der Waals surface area contributed by atoms with Crippen molar-refractivity contribution in [2.24, 2.45) is 0 Å². The van der Waals surface area contributed by atoms with Crippen molar-refractivity contribution in [2.45, 2.75) is 77.6 Å². The predicted molar refractivity (Wildman–Crippen MR) is 177 cm³/mol. The molecular formula is C33H41ClF3N7O5. The smallest absolute Gasteiger partial charge is 0.444 e. The predicted octanol–water partition coefficient (Wildman–Crippen LogP) is 7.51. The molecule has 0 saturated carbocycles. The van der Waals surface area contributed by atoms with E-state index < -0.39 is 23.8 Å². The van der Waals surface area contributed by atoms with Gasteiger partial charge in [0, 0.05) is 43.9 Å². The molecule has 3 heterocycles. The average molecular weight is 708 g/mol. The Hall–Kier alpha value is -4.08. The summed E-state index contributed by atoms with van der Waals surface area (Å²) in [7, 11) is 0. The van der Waals surface area contributed by atoms with Crippen LogP contribution in [0.15, 0.2) is 49.2 Å². The molecule has 1 aliphatic heterocycles. The lowest BCUT2D eigenvalue weighted by molar-refractivity contribution is -0.274. The number of anilines is 1. The Kier molecular flexibility index (Phi) is 11.9. The molecule has 0 radical (unpaired) electrons. The normalized spacial score (nSPS) is 15.4. The highest BCUT2D eigenvalue weighted by Crippen LogP contribution is 2.33.